The first-order valence-corrected chi connectivity index (χ1v) is 6.44. The molecule has 21 heavy (non-hydrogen) atoms. The van der Waals surface area contributed by atoms with Crippen LogP contribution in [0, 0.1) is 6.92 Å². The number of nitrogens with two attached hydrogens (primary N) is 1. The molecule has 1 atom stereocenters. The number of hydrogen-bond donors (Lipinski definition) is 2. The standard InChI is InChI=1S/C14H17N3O4/c1-7-4-9(5-10(12(7)15)14(20)21-3)17-6-11(18)16-13(19)8(17)2/h4-5,8H,6,15H2,1-3H3,(H,16,18,19). The number of aryl methyl sites for hydroxylation is 1. The number of piperazine rings is 1. The first-order valence-electron chi connectivity index (χ1n) is 6.44. The van der Waals surface area contributed by atoms with Crippen molar-refractivity contribution in [3.05, 3.63) is 23.3 Å². The van der Waals surface area contributed by atoms with Gasteiger partial charge < -0.3 is 15.4 Å². The fourth-order valence-corrected chi connectivity index (χ4v) is 2.25. The van der Waals surface area contributed by atoms with Crippen LogP contribution in [0.15, 0.2) is 12.1 Å². The van der Waals surface area contributed by atoms with E-state index in [4.69, 9.17) is 10.5 Å². The molecule has 1 unspecified atom stereocenters. The zero-order valence-electron chi connectivity index (χ0n) is 12.1. The number of esters is 1. The van der Waals surface area contributed by atoms with Gasteiger partial charge in [-0.15, -0.1) is 0 Å². The van der Waals surface area contributed by atoms with Crippen LogP contribution in [0.1, 0.15) is 22.8 Å². The summed E-state index contributed by atoms with van der Waals surface area (Å²) in [6.45, 7) is 3.48. The Labute approximate surface area is 122 Å². The summed E-state index contributed by atoms with van der Waals surface area (Å²) in [7, 11) is 1.27. The number of amides is 2. The SMILES string of the molecule is COC(=O)c1cc(N2CC(=O)NC(=O)C2C)cc(C)c1N. The third-order valence-corrected chi connectivity index (χ3v) is 3.53. The van der Waals surface area contributed by atoms with Gasteiger partial charge in [-0.2, -0.15) is 0 Å². The third-order valence-electron chi connectivity index (χ3n) is 3.53. The quantitative estimate of drug-likeness (QED) is 0.459. The van der Waals surface area contributed by atoms with E-state index in [1.165, 1.54) is 13.2 Å². The van der Waals surface area contributed by atoms with Gasteiger partial charge in [0.2, 0.25) is 11.8 Å². The molecular formula is C14H17N3O4. The largest absolute Gasteiger partial charge is 0.465 e. The Morgan fingerprint density at radius 3 is 2.71 bits per heavy atom. The summed E-state index contributed by atoms with van der Waals surface area (Å²) in [6.07, 6.45) is 0. The molecule has 2 rings (SSSR count). The maximum Gasteiger partial charge on any atom is 0.340 e. The molecule has 112 valence electrons. The summed E-state index contributed by atoms with van der Waals surface area (Å²) in [5.41, 5.74) is 7.69. The molecule has 7 nitrogen and oxygen atoms in total. The van der Waals surface area contributed by atoms with Crippen molar-refractivity contribution in [3.8, 4) is 0 Å². The summed E-state index contributed by atoms with van der Waals surface area (Å²) in [5, 5.41) is 2.27. The molecule has 1 aromatic carbocycles. The fourth-order valence-electron chi connectivity index (χ4n) is 2.25. The van der Waals surface area contributed by atoms with Crippen molar-refractivity contribution in [2.45, 2.75) is 19.9 Å². The lowest BCUT2D eigenvalue weighted by molar-refractivity contribution is -0.132. The normalized spacial score (nSPS) is 18.4. The van der Waals surface area contributed by atoms with E-state index in [0.717, 1.165) is 0 Å². The summed E-state index contributed by atoms with van der Waals surface area (Å²) in [5.74, 6) is -1.31. The molecule has 1 saturated heterocycles. The summed E-state index contributed by atoms with van der Waals surface area (Å²) < 4.78 is 4.70. The fraction of sp³-hybridized carbons (Fsp3) is 0.357. The molecule has 0 radical (unpaired) electrons. The van der Waals surface area contributed by atoms with Crippen LogP contribution in [0.3, 0.4) is 0 Å². The number of nitrogen functional groups attached to an aromatic ring is 1. The number of methoxy groups -OCH3 is 1. The van der Waals surface area contributed by atoms with Crippen LogP contribution in [-0.2, 0) is 14.3 Å². The molecule has 0 aromatic heterocycles. The van der Waals surface area contributed by atoms with Crippen LogP contribution in [0.5, 0.6) is 0 Å². The molecule has 1 aromatic rings. The molecule has 0 bridgehead atoms. The van der Waals surface area contributed by atoms with Crippen molar-refractivity contribution in [2.75, 3.05) is 24.3 Å². The number of ether oxygens (including phenoxy) is 1. The number of carbonyl (C=O) groups excluding carboxylic acids is 3. The molecule has 0 spiro atoms. The minimum absolute atomic E-state index is 0.0386. The monoisotopic (exact) mass is 291 g/mol. The zero-order valence-corrected chi connectivity index (χ0v) is 12.1. The van der Waals surface area contributed by atoms with Gasteiger partial charge in [0.05, 0.1) is 19.2 Å². The number of anilines is 2. The van der Waals surface area contributed by atoms with Gasteiger partial charge in [0.25, 0.3) is 0 Å². The molecule has 2 amide bonds. The number of nitrogens with one attached hydrogen (secondary N) is 1. The van der Waals surface area contributed by atoms with Crippen molar-refractivity contribution in [1.29, 1.82) is 0 Å². The second-order valence-electron chi connectivity index (χ2n) is 4.93. The lowest BCUT2D eigenvalue weighted by Gasteiger charge is -2.34. The number of rotatable bonds is 2. The summed E-state index contributed by atoms with van der Waals surface area (Å²) in [4.78, 5) is 36.7. The average molecular weight is 291 g/mol. The van der Waals surface area contributed by atoms with Gasteiger partial charge in [-0.05, 0) is 31.5 Å². The first-order chi connectivity index (χ1) is 9.85. The lowest BCUT2D eigenvalue weighted by atomic mass is 10.0. The molecule has 1 fully saturated rings. The molecule has 0 aliphatic carbocycles. The van der Waals surface area contributed by atoms with E-state index in [1.807, 2.05) is 0 Å². The van der Waals surface area contributed by atoms with Gasteiger partial charge in [0, 0.05) is 11.4 Å². The minimum Gasteiger partial charge on any atom is -0.465 e. The van der Waals surface area contributed by atoms with Crippen molar-refractivity contribution in [2.24, 2.45) is 0 Å². The molecule has 0 saturated carbocycles. The minimum atomic E-state index is -0.558. The van der Waals surface area contributed by atoms with E-state index in [1.54, 1.807) is 24.8 Å². The highest BCUT2D eigenvalue weighted by Crippen LogP contribution is 2.28. The van der Waals surface area contributed by atoms with E-state index in [-0.39, 0.29) is 23.9 Å². The molecular weight excluding hydrogens is 274 g/mol. The van der Waals surface area contributed by atoms with Crippen LogP contribution in [-0.4, -0.2) is 37.5 Å². The van der Waals surface area contributed by atoms with Crippen LogP contribution in [0.4, 0.5) is 11.4 Å². The highest BCUT2D eigenvalue weighted by molar-refractivity contribution is 6.05. The Balaban J connectivity index is 2.48. The van der Waals surface area contributed by atoms with E-state index in [0.29, 0.717) is 16.9 Å². The molecule has 1 heterocycles. The Morgan fingerprint density at radius 2 is 2.10 bits per heavy atom. The Hall–Kier alpha value is -2.57. The highest BCUT2D eigenvalue weighted by Gasteiger charge is 2.31. The van der Waals surface area contributed by atoms with Crippen molar-refractivity contribution >= 4 is 29.2 Å². The van der Waals surface area contributed by atoms with Crippen molar-refractivity contribution in [3.63, 3.8) is 0 Å². The zero-order chi connectivity index (χ0) is 15.7. The number of nitrogens with zero attached hydrogens (tertiary/aromatic N) is 1. The number of hydrogen-bond acceptors (Lipinski definition) is 6. The third kappa shape index (κ3) is 2.67. The highest BCUT2D eigenvalue weighted by atomic mass is 16.5. The second kappa shape index (κ2) is 5.43. The maximum atomic E-state index is 11.8. The van der Waals surface area contributed by atoms with Gasteiger partial charge in [0.15, 0.2) is 0 Å². The average Bonchev–Trinajstić information content (AvgIpc) is 2.44. The second-order valence-corrected chi connectivity index (χ2v) is 4.93. The topological polar surface area (TPSA) is 102 Å². The summed E-state index contributed by atoms with van der Waals surface area (Å²) >= 11 is 0. The first kappa shape index (κ1) is 14.8. The van der Waals surface area contributed by atoms with Gasteiger partial charge >= 0.3 is 5.97 Å². The van der Waals surface area contributed by atoms with Gasteiger partial charge in [-0.25, -0.2) is 4.79 Å². The van der Waals surface area contributed by atoms with Gasteiger partial charge in [-0.1, -0.05) is 0 Å². The van der Waals surface area contributed by atoms with E-state index in [2.05, 4.69) is 5.32 Å². The van der Waals surface area contributed by atoms with Crippen molar-refractivity contribution in [1.82, 2.24) is 5.32 Å². The molecule has 1 aliphatic rings. The Kier molecular flexibility index (Phi) is 3.84. The Bertz CT molecular complexity index is 627. The molecule has 7 heteroatoms. The lowest BCUT2D eigenvalue weighted by Crippen LogP contribution is -2.57. The van der Waals surface area contributed by atoms with Crippen LogP contribution >= 0.6 is 0 Å². The smallest absolute Gasteiger partial charge is 0.340 e. The molecule has 3 N–H and O–H groups in total. The van der Waals surface area contributed by atoms with Crippen molar-refractivity contribution < 1.29 is 19.1 Å². The number of carbonyl (C=O) groups is 3. The van der Waals surface area contributed by atoms with Crippen LogP contribution in [0.2, 0.25) is 0 Å². The van der Waals surface area contributed by atoms with Crippen LogP contribution in [0.25, 0.3) is 0 Å². The number of benzene rings is 1. The predicted molar refractivity (Wildman–Crippen MR) is 76.9 cm³/mol. The van der Waals surface area contributed by atoms with Gasteiger partial charge in [0.1, 0.15) is 6.04 Å². The van der Waals surface area contributed by atoms with Gasteiger partial charge in [-0.3, -0.25) is 14.9 Å². The van der Waals surface area contributed by atoms with Crippen LogP contribution < -0.4 is 16.0 Å². The number of imide groups is 1. The summed E-state index contributed by atoms with van der Waals surface area (Å²) in [6, 6.07) is 2.76. The molecule has 1 aliphatic heterocycles. The van der Waals surface area contributed by atoms with E-state index in [9.17, 15) is 14.4 Å². The van der Waals surface area contributed by atoms with E-state index < -0.39 is 12.0 Å². The Morgan fingerprint density at radius 1 is 1.43 bits per heavy atom. The maximum absolute atomic E-state index is 11.8. The van der Waals surface area contributed by atoms with E-state index >= 15 is 0 Å². The predicted octanol–water partition coefficient (Wildman–Crippen LogP) is 0.215.